The Balaban J connectivity index is 1.60. The molecular formula is C21H16N4O7Se. The fourth-order valence-corrected chi connectivity index (χ4v) is 5.36. The molecule has 1 N–H and O–H groups in total. The van der Waals surface area contributed by atoms with Gasteiger partial charge < -0.3 is 0 Å². The fraction of sp³-hybridized carbons (Fsp3) is 0.0476. The summed E-state index contributed by atoms with van der Waals surface area (Å²) in [6.45, 7) is -0.204. The average Bonchev–Trinajstić information content (AvgIpc) is 2.80. The van der Waals surface area contributed by atoms with Crippen LogP contribution >= 0.6 is 0 Å². The van der Waals surface area contributed by atoms with E-state index in [1.807, 2.05) is 0 Å². The molecule has 0 radical (unpaired) electrons. The number of rotatable bonds is 8. The van der Waals surface area contributed by atoms with E-state index in [9.17, 15) is 32.7 Å². The molecule has 1 amide bonds. The maximum atomic E-state index is 12.7. The van der Waals surface area contributed by atoms with Crippen LogP contribution in [-0.4, -0.2) is 41.2 Å². The first-order valence-corrected chi connectivity index (χ1v) is 12.4. The van der Waals surface area contributed by atoms with Gasteiger partial charge in [0.25, 0.3) is 5.69 Å². The Morgan fingerprint density at radius 1 is 0.818 bits per heavy atom. The zero-order valence-electron chi connectivity index (χ0n) is 16.8. The maximum absolute atomic E-state index is 12.7. The molecular weight excluding hydrogens is 499 g/mol. The van der Waals surface area contributed by atoms with E-state index in [2.05, 4.69) is 10.3 Å². The Labute approximate surface area is 188 Å². The second-order valence-electron chi connectivity index (χ2n) is 6.65. The van der Waals surface area contributed by atoms with Crippen molar-refractivity contribution in [2.24, 2.45) is 4.99 Å². The third kappa shape index (κ3) is 5.91. The summed E-state index contributed by atoms with van der Waals surface area (Å²) in [4.78, 5) is 36.3. The van der Waals surface area contributed by atoms with E-state index in [1.165, 1.54) is 66.9 Å². The van der Waals surface area contributed by atoms with Crippen LogP contribution in [0.15, 0.2) is 77.8 Å². The first-order chi connectivity index (χ1) is 15.7. The van der Waals surface area contributed by atoms with Gasteiger partial charge in [0.2, 0.25) is 0 Å². The first-order valence-electron chi connectivity index (χ1n) is 9.30. The second-order valence-corrected chi connectivity index (χ2v) is 10.7. The molecule has 11 nitrogen and oxygen atoms in total. The van der Waals surface area contributed by atoms with E-state index < -0.39 is 28.5 Å². The molecule has 12 heteroatoms. The summed E-state index contributed by atoms with van der Waals surface area (Å²) in [6, 6.07) is 15.9. The molecule has 0 spiro atoms. The number of anilines is 1. The van der Waals surface area contributed by atoms with E-state index >= 15 is 0 Å². The van der Waals surface area contributed by atoms with E-state index in [1.54, 1.807) is 0 Å². The van der Waals surface area contributed by atoms with Gasteiger partial charge in [0.05, 0.1) is 4.92 Å². The molecule has 0 bridgehead atoms. The summed E-state index contributed by atoms with van der Waals surface area (Å²) in [5, 5.41) is 23.9. The van der Waals surface area contributed by atoms with Crippen molar-refractivity contribution in [3.8, 4) is 0 Å². The zero-order chi connectivity index (χ0) is 24.0. The molecule has 0 saturated heterocycles. The summed E-state index contributed by atoms with van der Waals surface area (Å²) in [7, 11) is 0. The summed E-state index contributed by atoms with van der Waals surface area (Å²) in [5.74, 6) is -0.439. The number of amides is 1. The van der Waals surface area contributed by atoms with Crippen molar-refractivity contribution in [2.45, 2.75) is 0 Å². The summed E-state index contributed by atoms with van der Waals surface area (Å²) < 4.78 is 25.5. The SMILES string of the molecule is O=C(CN=Cc1ccc([N+](=O)[O-])cc1)Nc1ccc([Se](=O)(=O)c2ccc([N+](=O)[O-])cc2)cc1. The number of benzene rings is 3. The molecule has 3 aromatic carbocycles. The van der Waals surface area contributed by atoms with Crippen molar-refractivity contribution < 1.29 is 22.3 Å². The van der Waals surface area contributed by atoms with Crippen LogP contribution in [-0.2, 0) is 12.5 Å². The van der Waals surface area contributed by atoms with Gasteiger partial charge in [-0.05, 0) is 0 Å². The van der Waals surface area contributed by atoms with Crippen molar-refractivity contribution >= 4 is 50.8 Å². The van der Waals surface area contributed by atoms with Gasteiger partial charge in [-0.25, -0.2) is 0 Å². The molecule has 0 unspecified atom stereocenters. The monoisotopic (exact) mass is 516 g/mol. The first kappa shape index (κ1) is 23.4. The molecule has 0 aromatic heterocycles. The van der Waals surface area contributed by atoms with Crippen molar-refractivity contribution in [3.05, 3.63) is 98.6 Å². The molecule has 0 aliphatic rings. The number of carbonyl (C=O) groups is 1. The number of hydrogen-bond donors (Lipinski definition) is 1. The number of carbonyl (C=O) groups excluding carboxylic acids is 1. The van der Waals surface area contributed by atoms with Gasteiger partial charge in [0.1, 0.15) is 0 Å². The molecule has 168 valence electrons. The standard InChI is InChI=1S/C21H16N4O7Se/c26-21(14-22-13-15-1-5-17(6-2-15)24(27)28)23-16-3-9-19(10-4-16)33(31,32)20-11-7-18(8-12-20)25(29)30/h1-13H,14H2,(H,23,26). The van der Waals surface area contributed by atoms with Crippen LogP contribution in [0.25, 0.3) is 0 Å². The van der Waals surface area contributed by atoms with Crippen molar-refractivity contribution in [3.63, 3.8) is 0 Å². The quantitative estimate of drug-likeness (QED) is 0.208. The molecule has 0 aliphatic carbocycles. The number of non-ortho nitro benzene ring substituents is 2. The number of nitrogens with one attached hydrogen (secondary N) is 1. The van der Waals surface area contributed by atoms with Crippen LogP contribution < -0.4 is 14.2 Å². The molecule has 3 aromatic rings. The Bertz CT molecular complexity index is 1320. The Morgan fingerprint density at radius 3 is 1.76 bits per heavy atom. The van der Waals surface area contributed by atoms with Crippen molar-refractivity contribution in [1.82, 2.24) is 0 Å². The van der Waals surface area contributed by atoms with Gasteiger partial charge in [-0.3, -0.25) is 10.1 Å². The number of aliphatic imine (C=N–C) groups is 1. The summed E-state index contributed by atoms with van der Waals surface area (Å²) >= 11 is -4.75. The molecule has 0 saturated carbocycles. The van der Waals surface area contributed by atoms with Crippen LogP contribution in [0.4, 0.5) is 17.1 Å². The van der Waals surface area contributed by atoms with Crippen molar-refractivity contribution in [1.29, 1.82) is 0 Å². The van der Waals surface area contributed by atoms with Gasteiger partial charge in [0.15, 0.2) is 0 Å². The normalized spacial score (nSPS) is 11.3. The molecule has 0 heterocycles. The molecule has 3 rings (SSSR count). The third-order valence-corrected chi connectivity index (χ3v) is 8.13. The summed E-state index contributed by atoms with van der Waals surface area (Å²) in [5.41, 5.74) is 0.703. The number of nitrogens with zero attached hydrogens (tertiary/aromatic N) is 3. The molecule has 33 heavy (non-hydrogen) atoms. The van der Waals surface area contributed by atoms with Crippen LogP contribution in [0.3, 0.4) is 0 Å². The summed E-state index contributed by atoms with van der Waals surface area (Å²) in [6.07, 6.45) is 1.41. The van der Waals surface area contributed by atoms with E-state index in [0.717, 1.165) is 12.1 Å². The minimum atomic E-state index is -4.75. The predicted octanol–water partition coefficient (Wildman–Crippen LogP) is 1.98. The Hall–Kier alpha value is -4.28. The van der Waals surface area contributed by atoms with E-state index in [0.29, 0.717) is 11.3 Å². The molecule has 0 fully saturated rings. The molecule has 0 atom stereocenters. The minimum absolute atomic E-state index is 0.0192. The van der Waals surface area contributed by atoms with Gasteiger partial charge in [-0.15, -0.1) is 0 Å². The zero-order valence-corrected chi connectivity index (χ0v) is 18.5. The van der Waals surface area contributed by atoms with E-state index in [-0.39, 0.29) is 26.8 Å². The number of nitro benzene ring substituents is 2. The van der Waals surface area contributed by atoms with Crippen LogP contribution in [0.1, 0.15) is 5.56 Å². The Morgan fingerprint density at radius 2 is 1.27 bits per heavy atom. The number of hydrogen-bond acceptors (Lipinski definition) is 8. The molecule has 0 aliphatic heterocycles. The second kappa shape index (κ2) is 9.90. The van der Waals surface area contributed by atoms with Gasteiger partial charge >= 0.3 is 168 Å². The van der Waals surface area contributed by atoms with Crippen LogP contribution in [0, 0.1) is 20.2 Å². The fourth-order valence-electron chi connectivity index (χ4n) is 2.72. The third-order valence-electron chi connectivity index (χ3n) is 4.39. The van der Waals surface area contributed by atoms with Crippen LogP contribution in [0.5, 0.6) is 0 Å². The van der Waals surface area contributed by atoms with Gasteiger partial charge in [-0.1, -0.05) is 0 Å². The van der Waals surface area contributed by atoms with Gasteiger partial charge in [0, 0.05) is 0 Å². The predicted molar refractivity (Wildman–Crippen MR) is 120 cm³/mol. The topological polar surface area (TPSA) is 162 Å². The van der Waals surface area contributed by atoms with Crippen LogP contribution in [0.2, 0.25) is 0 Å². The number of nitro groups is 2. The average molecular weight is 515 g/mol. The van der Waals surface area contributed by atoms with E-state index in [4.69, 9.17) is 0 Å². The Kier molecular flexibility index (Phi) is 7.01. The van der Waals surface area contributed by atoms with Crippen molar-refractivity contribution in [2.75, 3.05) is 11.9 Å². The van der Waals surface area contributed by atoms with Gasteiger partial charge in [-0.2, -0.15) is 0 Å².